The number of para-hydroxylation sites is 4. The minimum Gasteiger partial charge on any atom is -0.493 e. The molecule has 25 heavy (non-hydrogen) atoms. The lowest BCUT2D eigenvalue weighted by atomic mass is 10.3. The van der Waals surface area contributed by atoms with Crippen molar-refractivity contribution in [3.05, 3.63) is 54.4 Å². The molecule has 2 aromatic carbocycles. The van der Waals surface area contributed by atoms with Crippen molar-refractivity contribution >= 4 is 11.0 Å². The minimum atomic E-state index is -0.625. The van der Waals surface area contributed by atoms with Gasteiger partial charge in [0.2, 0.25) is 0 Å². The molecule has 1 saturated carbocycles. The normalized spacial score (nSPS) is 15.3. The summed E-state index contributed by atoms with van der Waals surface area (Å²) in [6.07, 6.45) is 1.73. The van der Waals surface area contributed by atoms with E-state index in [1.807, 2.05) is 42.5 Å². The lowest BCUT2D eigenvalue weighted by molar-refractivity contribution is 0.0912. The van der Waals surface area contributed by atoms with Crippen molar-refractivity contribution < 1.29 is 14.6 Å². The van der Waals surface area contributed by atoms with Crippen LogP contribution in [0.25, 0.3) is 11.0 Å². The summed E-state index contributed by atoms with van der Waals surface area (Å²) in [4.78, 5) is 4.76. The fraction of sp³-hybridized carbons (Fsp3) is 0.350. The number of nitrogens with zero attached hydrogens (tertiary/aromatic N) is 2. The Morgan fingerprint density at radius 3 is 2.60 bits per heavy atom. The average molecular weight is 338 g/mol. The highest BCUT2D eigenvalue weighted by molar-refractivity contribution is 5.76. The van der Waals surface area contributed by atoms with Crippen molar-refractivity contribution in [2.75, 3.05) is 13.7 Å². The van der Waals surface area contributed by atoms with Gasteiger partial charge in [0.1, 0.15) is 18.5 Å². The summed E-state index contributed by atoms with van der Waals surface area (Å²) >= 11 is 0. The van der Waals surface area contributed by atoms with Crippen LogP contribution in [-0.2, 0) is 6.54 Å². The van der Waals surface area contributed by atoms with Crippen LogP contribution < -0.4 is 9.47 Å². The van der Waals surface area contributed by atoms with E-state index in [2.05, 4.69) is 10.6 Å². The van der Waals surface area contributed by atoms with Crippen molar-refractivity contribution in [3.63, 3.8) is 0 Å². The first-order chi connectivity index (χ1) is 12.3. The van der Waals surface area contributed by atoms with Crippen LogP contribution in [0.5, 0.6) is 11.5 Å². The number of benzene rings is 2. The van der Waals surface area contributed by atoms with Crippen molar-refractivity contribution in [3.8, 4) is 11.5 Å². The zero-order valence-corrected chi connectivity index (χ0v) is 14.3. The molecule has 4 rings (SSSR count). The predicted octanol–water partition coefficient (Wildman–Crippen LogP) is 3.36. The topological polar surface area (TPSA) is 56.5 Å². The monoisotopic (exact) mass is 338 g/mol. The van der Waals surface area contributed by atoms with Gasteiger partial charge >= 0.3 is 0 Å². The maximum absolute atomic E-state index is 10.5. The summed E-state index contributed by atoms with van der Waals surface area (Å²) in [7, 11) is 1.61. The van der Waals surface area contributed by atoms with E-state index < -0.39 is 6.10 Å². The number of aliphatic hydroxyl groups excluding tert-OH is 1. The first kappa shape index (κ1) is 16.0. The van der Waals surface area contributed by atoms with E-state index in [9.17, 15) is 5.11 Å². The molecular formula is C20H22N2O3. The Morgan fingerprint density at radius 2 is 1.84 bits per heavy atom. The third-order valence-corrected chi connectivity index (χ3v) is 4.52. The maximum Gasteiger partial charge on any atom is 0.161 e. The van der Waals surface area contributed by atoms with Gasteiger partial charge in [-0.3, -0.25) is 0 Å². The largest absolute Gasteiger partial charge is 0.493 e. The Morgan fingerprint density at radius 1 is 1.12 bits per heavy atom. The molecule has 1 N–H and O–H groups in total. The van der Waals surface area contributed by atoms with Gasteiger partial charge < -0.3 is 19.1 Å². The van der Waals surface area contributed by atoms with Crippen LogP contribution in [-0.4, -0.2) is 34.5 Å². The Bertz CT molecular complexity index is 870. The van der Waals surface area contributed by atoms with Crippen LogP contribution in [0.3, 0.4) is 0 Å². The second-order valence-corrected chi connectivity index (χ2v) is 6.46. The van der Waals surface area contributed by atoms with E-state index in [-0.39, 0.29) is 6.61 Å². The number of hydrogen-bond acceptors (Lipinski definition) is 4. The molecule has 1 aliphatic carbocycles. The van der Waals surface area contributed by atoms with Crippen LogP contribution in [0.4, 0.5) is 0 Å². The number of methoxy groups -OCH3 is 1. The fourth-order valence-electron chi connectivity index (χ4n) is 3.13. The number of aromatic nitrogens is 2. The van der Waals surface area contributed by atoms with E-state index in [0.29, 0.717) is 24.0 Å². The fourth-order valence-corrected chi connectivity index (χ4v) is 3.13. The van der Waals surface area contributed by atoms with Gasteiger partial charge in [-0.15, -0.1) is 0 Å². The molecule has 1 heterocycles. The van der Waals surface area contributed by atoms with Gasteiger partial charge in [-0.2, -0.15) is 0 Å². The van der Waals surface area contributed by atoms with E-state index in [1.54, 1.807) is 7.11 Å². The number of ether oxygens (including phenoxy) is 2. The number of hydrogen-bond donors (Lipinski definition) is 1. The molecule has 0 radical (unpaired) electrons. The van der Waals surface area contributed by atoms with Gasteiger partial charge in [-0.1, -0.05) is 24.3 Å². The highest BCUT2D eigenvalue weighted by Gasteiger charge is 2.30. The molecule has 130 valence electrons. The second-order valence-electron chi connectivity index (χ2n) is 6.46. The zero-order chi connectivity index (χ0) is 17.2. The van der Waals surface area contributed by atoms with Gasteiger partial charge in [-0.25, -0.2) is 4.98 Å². The molecule has 1 aliphatic rings. The Kier molecular flexibility index (Phi) is 4.32. The van der Waals surface area contributed by atoms with Crippen LogP contribution in [0.2, 0.25) is 0 Å². The van der Waals surface area contributed by atoms with Crippen LogP contribution in [0.1, 0.15) is 24.6 Å². The molecule has 5 heteroatoms. The summed E-state index contributed by atoms with van der Waals surface area (Å²) in [6, 6.07) is 15.6. The van der Waals surface area contributed by atoms with Crippen molar-refractivity contribution in [2.24, 2.45) is 0 Å². The number of rotatable bonds is 7. The average Bonchev–Trinajstić information content (AvgIpc) is 3.43. The van der Waals surface area contributed by atoms with Gasteiger partial charge in [0, 0.05) is 5.92 Å². The molecule has 3 aromatic rings. The molecule has 0 bridgehead atoms. The molecule has 1 aromatic heterocycles. The summed E-state index contributed by atoms with van der Waals surface area (Å²) < 4.78 is 13.2. The smallest absolute Gasteiger partial charge is 0.161 e. The lowest BCUT2D eigenvalue weighted by Crippen LogP contribution is -2.24. The highest BCUT2D eigenvalue weighted by Crippen LogP contribution is 2.40. The molecule has 5 nitrogen and oxygen atoms in total. The number of fused-ring (bicyclic) bond motifs is 1. The predicted molar refractivity (Wildman–Crippen MR) is 96.2 cm³/mol. The number of imidazole rings is 1. The van der Waals surface area contributed by atoms with Gasteiger partial charge in [-0.05, 0) is 37.1 Å². The summed E-state index contributed by atoms with van der Waals surface area (Å²) in [5.74, 6) is 2.91. The molecular weight excluding hydrogens is 316 g/mol. The van der Waals surface area contributed by atoms with E-state index in [1.165, 1.54) is 12.8 Å². The number of aliphatic hydroxyl groups is 1. The van der Waals surface area contributed by atoms with Gasteiger partial charge in [0.05, 0.1) is 24.7 Å². The summed E-state index contributed by atoms with van der Waals surface area (Å²) in [5, 5.41) is 10.5. The zero-order valence-electron chi connectivity index (χ0n) is 14.3. The first-order valence-corrected chi connectivity index (χ1v) is 8.65. The maximum atomic E-state index is 10.5. The third kappa shape index (κ3) is 3.33. The second kappa shape index (κ2) is 6.76. The van der Waals surface area contributed by atoms with Crippen molar-refractivity contribution in [1.82, 2.24) is 9.55 Å². The lowest BCUT2D eigenvalue weighted by Gasteiger charge is -2.16. The van der Waals surface area contributed by atoms with E-state index >= 15 is 0 Å². The van der Waals surface area contributed by atoms with Crippen LogP contribution in [0, 0.1) is 0 Å². The van der Waals surface area contributed by atoms with Crippen LogP contribution >= 0.6 is 0 Å². The van der Waals surface area contributed by atoms with Crippen LogP contribution in [0.15, 0.2) is 48.5 Å². The van der Waals surface area contributed by atoms with E-state index in [0.717, 1.165) is 16.9 Å². The SMILES string of the molecule is COc1ccccc1OCC(O)Cn1c(C2CC2)nc2ccccc21. The van der Waals surface area contributed by atoms with Gasteiger partial charge in [0.25, 0.3) is 0 Å². The Labute approximate surface area is 146 Å². The highest BCUT2D eigenvalue weighted by atomic mass is 16.5. The Balaban J connectivity index is 1.50. The molecule has 0 amide bonds. The Hall–Kier alpha value is -2.53. The molecule has 1 atom stereocenters. The molecule has 0 saturated heterocycles. The van der Waals surface area contributed by atoms with Gasteiger partial charge in [0.15, 0.2) is 11.5 Å². The summed E-state index contributed by atoms with van der Waals surface area (Å²) in [5.41, 5.74) is 2.06. The minimum absolute atomic E-state index is 0.205. The molecule has 0 aliphatic heterocycles. The quantitative estimate of drug-likeness (QED) is 0.718. The molecule has 1 fully saturated rings. The standard InChI is InChI=1S/C20H22N2O3/c1-24-18-8-4-5-9-19(18)25-13-15(23)12-22-17-7-3-2-6-16(17)21-20(22)14-10-11-14/h2-9,14-15,23H,10-13H2,1H3. The molecule has 0 spiro atoms. The summed E-state index contributed by atoms with van der Waals surface area (Å²) in [6.45, 7) is 0.679. The van der Waals surface area contributed by atoms with Crippen molar-refractivity contribution in [1.29, 1.82) is 0 Å². The van der Waals surface area contributed by atoms with Crippen molar-refractivity contribution in [2.45, 2.75) is 31.4 Å². The first-order valence-electron chi connectivity index (χ1n) is 8.65. The third-order valence-electron chi connectivity index (χ3n) is 4.52. The molecule has 1 unspecified atom stereocenters. The van der Waals surface area contributed by atoms with E-state index in [4.69, 9.17) is 14.5 Å².